The molecule has 0 rings (SSSR count). The minimum absolute atomic E-state index is 0.566. The van der Waals surface area contributed by atoms with Crippen molar-refractivity contribution in [2.75, 3.05) is 20.6 Å². The monoisotopic (exact) mass is 195 g/mol. The SMILES string of the molecule is C=C/C=C\C(=C/CN(C)C)NC(N)=O. The minimum atomic E-state index is -0.566. The normalized spacial score (nSPS) is 12.1. The Morgan fingerprint density at radius 1 is 1.57 bits per heavy atom. The van der Waals surface area contributed by atoms with Gasteiger partial charge in [-0.15, -0.1) is 0 Å². The van der Waals surface area contributed by atoms with Crippen molar-refractivity contribution in [2.45, 2.75) is 0 Å². The predicted molar refractivity (Wildman–Crippen MR) is 58.7 cm³/mol. The third kappa shape index (κ3) is 7.12. The van der Waals surface area contributed by atoms with E-state index in [4.69, 9.17) is 5.73 Å². The number of nitrogens with zero attached hydrogens (tertiary/aromatic N) is 1. The van der Waals surface area contributed by atoms with E-state index in [0.717, 1.165) is 6.54 Å². The van der Waals surface area contributed by atoms with Crippen LogP contribution in [0.25, 0.3) is 0 Å². The molecule has 4 nitrogen and oxygen atoms in total. The van der Waals surface area contributed by atoms with E-state index in [9.17, 15) is 4.79 Å². The summed E-state index contributed by atoms with van der Waals surface area (Å²) in [5.74, 6) is 0. The number of primary amides is 1. The number of rotatable bonds is 5. The quantitative estimate of drug-likeness (QED) is 0.639. The highest BCUT2D eigenvalue weighted by Crippen LogP contribution is 1.93. The Hall–Kier alpha value is -1.55. The molecule has 0 aromatic heterocycles. The maximum atomic E-state index is 10.6. The lowest BCUT2D eigenvalue weighted by molar-refractivity contribution is 0.251. The van der Waals surface area contributed by atoms with Gasteiger partial charge in [0, 0.05) is 12.2 Å². The maximum absolute atomic E-state index is 10.6. The third-order valence-electron chi connectivity index (χ3n) is 1.36. The lowest BCUT2D eigenvalue weighted by Crippen LogP contribution is -2.28. The van der Waals surface area contributed by atoms with Crippen LogP contribution in [0.3, 0.4) is 0 Å². The van der Waals surface area contributed by atoms with Crippen molar-refractivity contribution in [3.63, 3.8) is 0 Å². The van der Waals surface area contributed by atoms with Crippen LogP contribution in [0.15, 0.2) is 36.6 Å². The average molecular weight is 195 g/mol. The molecule has 0 radical (unpaired) electrons. The highest BCUT2D eigenvalue weighted by Gasteiger charge is 1.95. The Morgan fingerprint density at radius 3 is 2.64 bits per heavy atom. The van der Waals surface area contributed by atoms with Crippen molar-refractivity contribution in [3.8, 4) is 0 Å². The van der Waals surface area contributed by atoms with Crippen LogP contribution in [0.2, 0.25) is 0 Å². The average Bonchev–Trinajstić information content (AvgIpc) is 2.09. The Labute approximate surface area is 84.8 Å². The second kappa shape index (κ2) is 6.91. The van der Waals surface area contributed by atoms with E-state index < -0.39 is 6.03 Å². The van der Waals surface area contributed by atoms with Crippen molar-refractivity contribution < 1.29 is 4.79 Å². The van der Waals surface area contributed by atoms with Gasteiger partial charge in [0.2, 0.25) is 0 Å². The number of nitrogens with two attached hydrogens (primary N) is 1. The molecule has 0 bridgehead atoms. The van der Waals surface area contributed by atoms with E-state index in [-0.39, 0.29) is 0 Å². The van der Waals surface area contributed by atoms with Gasteiger partial charge in [0.05, 0.1) is 0 Å². The first-order chi connectivity index (χ1) is 6.56. The van der Waals surface area contributed by atoms with Crippen LogP contribution in [-0.2, 0) is 0 Å². The zero-order valence-electron chi connectivity index (χ0n) is 8.66. The van der Waals surface area contributed by atoms with Gasteiger partial charge in [-0.05, 0) is 26.2 Å². The highest BCUT2D eigenvalue weighted by molar-refractivity contribution is 5.74. The number of carbonyl (C=O) groups is 1. The molecule has 78 valence electrons. The van der Waals surface area contributed by atoms with E-state index in [0.29, 0.717) is 5.70 Å². The first-order valence-electron chi connectivity index (χ1n) is 4.26. The van der Waals surface area contributed by atoms with Crippen LogP contribution in [0.5, 0.6) is 0 Å². The van der Waals surface area contributed by atoms with Crippen LogP contribution in [-0.4, -0.2) is 31.6 Å². The van der Waals surface area contributed by atoms with E-state index in [1.165, 1.54) is 0 Å². The van der Waals surface area contributed by atoms with Crippen LogP contribution >= 0.6 is 0 Å². The summed E-state index contributed by atoms with van der Waals surface area (Å²) in [7, 11) is 3.88. The molecule has 0 fully saturated rings. The summed E-state index contributed by atoms with van der Waals surface area (Å²) >= 11 is 0. The molecule has 4 heteroatoms. The van der Waals surface area contributed by atoms with Crippen LogP contribution in [0, 0.1) is 0 Å². The second-order valence-electron chi connectivity index (χ2n) is 3.01. The lowest BCUT2D eigenvalue weighted by atomic mass is 10.3. The summed E-state index contributed by atoms with van der Waals surface area (Å²) in [5.41, 5.74) is 5.68. The summed E-state index contributed by atoms with van der Waals surface area (Å²) in [5, 5.41) is 2.51. The van der Waals surface area contributed by atoms with Gasteiger partial charge in [-0.2, -0.15) is 0 Å². The zero-order chi connectivity index (χ0) is 11.0. The Morgan fingerprint density at radius 2 is 2.21 bits per heavy atom. The topological polar surface area (TPSA) is 58.4 Å². The van der Waals surface area contributed by atoms with Crippen molar-refractivity contribution in [3.05, 3.63) is 36.6 Å². The number of hydrogen-bond acceptors (Lipinski definition) is 2. The Kier molecular flexibility index (Phi) is 6.15. The molecular weight excluding hydrogens is 178 g/mol. The van der Waals surface area contributed by atoms with Gasteiger partial charge in [-0.3, -0.25) is 0 Å². The molecule has 0 aliphatic heterocycles. The van der Waals surface area contributed by atoms with Gasteiger partial charge in [0.1, 0.15) is 0 Å². The van der Waals surface area contributed by atoms with Crippen LogP contribution < -0.4 is 11.1 Å². The maximum Gasteiger partial charge on any atom is 0.316 e. The van der Waals surface area contributed by atoms with Gasteiger partial charge < -0.3 is 16.0 Å². The number of hydrogen-bond donors (Lipinski definition) is 2. The van der Waals surface area contributed by atoms with E-state index >= 15 is 0 Å². The molecule has 2 amide bonds. The van der Waals surface area contributed by atoms with Gasteiger partial charge in [-0.1, -0.05) is 18.7 Å². The largest absolute Gasteiger partial charge is 0.351 e. The van der Waals surface area contributed by atoms with Crippen molar-refractivity contribution in [1.29, 1.82) is 0 Å². The molecular formula is C10H17N3O. The minimum Gasteiger partial charge on any atom is -0.351 e. The van der Waals surface area contributed by atoms with Crippen molar-refractivity contribution >= 4 is 6.03 Å². The van der Waals surface area contributed by atoms with E-state index in [1.54, 1.807) is 18.2 Å². The molecule has 0 saturated heterocycles. The standard InChI is InChI=1S/C10H17N3O/c1-4-5-6-9(12-10(11)14)7-8-13(2)3/h4-7H,1,8H2,2-3H3,(H3,11,12,14)/b6-5-,9-7+. The fraction of sp³-hybridized carbons (Fsp3) is 0.300. The number of carbonyl (C=O) groups excluding carboxylic acids is 1. The number of allylic oxidation sites excluding steroid dienone is 3. The van der Waals surface area contributed by atoms with E-state index in [2.05, 4.69) is 11.9 Å². The highest BCUT2D eigenvalue weighted by atomic mass is 16.2. The molecule has 0 unspecified atom stereocenters. The first kappa shape index (κ1) is 12.4. The molecule has 0 aromatic carbocycles. The molecule has 0 aromatic rings. The third-order valence-corrected chi connectivity index (χ3v) is 1.36. The number of likely N-dealkylation sites (N-methyl/N-ethyl adjacent to an activating group) is 1. The number of amides is 2. The molecule has 0 heterocycles. The molecule has 0 spiro atoms. The van der Waals surface area contributed by atoms with Gasteiger partial charge in [-0.25, -0.2) is 4.79 Å². The fourth-order valence-corrected chi connectivity index (χ4v) is 0.756. The van der Waals surface area contributed by atoms with Crippen LogP contribution in [0.1, 0.15) is 0 Å². The Bertz CT molecular complexity index is 254. The lowest BCUT2D eigenvalue weighted by Gasteiger charge is -2.07. The van der Waals surface area contributed by atoms with Crippen molar-refractivity contribution in [1.82, 2.24) is 10.2 Å². The summed E-state index contributed by atoms with van der Waals surface area (Å²) in [6, 6.07) is -0.566. The molecule has 3 N–H and O–H groups in total. The summed E-state index contributed by atoms with van der Waals surface area (Å²) in [4.78, 5) is 12.6. The Balaban J connectivity index is 4.37. The smallest absolute Gasteiger partial charge is 0.316 e. The number of nitrogens with one attached hydrogen (secondary N) is 1. The molecule has 0 aliphatic rings. The summed E-state index contributed by atoms with van der Waals surface area (Å²) in [6.07, 6.45) is 6.97. The van der Waals surface area contributed by atoms with Crippen LogP contribution in [0.4, 0.5) is 4.79 Å². The number of urea groups is 1. The second-order valence-corrected chi connectivity index (χ2v) is 3.01. The van der Waals surface area contributed by atoms with Gasteiger partial charge in [0.25, 0.3) is 0 Å². The molecule has 14 heavy (non-hydrogen) atoms. The molecule has 0 saturated carbocycles. The summed E-state index contributed by atoms with van der Waals surface area (Å²) in [6.45, 7) is 4.27. The summed E-state index contributed by atoms with van der Waals surface area (Å²) < 4.78 is 0. The fourth-order valence-electron chi connectivity index (χ4n) is 0.756. The van der Waals surface area contributed by atoms with Gasteiger partial charge in [0.15, 0.2) is 0 Å². The zero-order valence-corrected chi connectivity index (χ0v) is 8.66. The molecule has 0 atom stereocenters. The molecule has 0 aliphatic carbocycles. The van der Waals surface area contributed by atoms with E-state index in [1.807, 2.05) is 25.1 Å². The van der Waals surface area contributed by atoms with Crippen molar-refractivity contribution in [2.24, 2.45) is 5.73 Å². The first-order valence-corrected chi connectivity index (χ1v) is 4.26. The van der Waals surface area contributed by atoms with Gasteiger partial charge >= 0.3 is 6.03 Å². The predicted octanol–water partition coefficient (Wildman–Crippen LogP) is 0.842.